The fourth-order valence-corrected chi connectivity index (χ4v) is 5.91. The molecule has 1 aromatic carbocycles. The molecule has 0 radical (unpaired) electrons. The summed E-state index contributed by atoms with van der Waals surface area (Å²) in [6.45, 7) is 5.10. The highest BCUT2D eigenvalue weighted by molar-refractivity contribution is 8.00. The predicted molar refractivity (Wildman–Crippen MR) is 117 cm³/mol. The Labute approximate surface area is 175 Å². The van der Waals surface area contributed by atoms with Crippen LogP contribution in [0.3, 0.4) is 0 Å². The summed E-state index contributed by atoms with van der Waals surface area (Å²) in [6, 6.07) is 9.37. The minimum atomic E-state index is -3.71. The van der Waals surface area contributed by atoms with E-state index in [1.807, 2.05) is 59.8 Å². The van der Waals surface area contributed by atoms with Gasteiger partial charge in [0.2, 0.25) is 0 Å². The number of benzene rings is 1. The average Bonchev–Trinajstić information content (AvgIpc) is 3.30. The zero-order valence-electron chi connectivity index (χ0n) is 16.4. The Balaban J connectivity index is 1.47. The van der Waals surface area contributed by atoms with Crippen LogP contribution in [0.4, 0.5) is 0 Å². The molecule has 2 aromatic rings. The maximum atomic E-state index is 12.7. The van der Waals surface area contributed by atoms with Gasteiger partial charge >= 0.3 is 0 Å². The van der Waals surface area contributed by atoms with Crippen molar-refractivity contribution in [3.05, 3.63) is 63.4 Å². The molecule has 0 saturated carbocycles. The average molecular weight is 430 g/mol. The highest BCUT2D eigenvalue weighted by Gasteiger charge is 2.35. The Morgan fingerprint density at radius 1 is 1.14 bits per heavy atom. The summed E-state index contributed by atoms with van der Waals surface area (Å²) in [4.78, 5) is 14.6. The molecular formula is C21H23N3O3S2. The lowest BCUT2D eigenvalue weighted by Crippen LogP contribution is -2.46. The van der Waals surface area contributed by atoms with Gasteiger partial charge in [0, 0.05) is 35.6 Å². The van der Waals surface area contributed by atoms with E-state index in [9.17, 15) is 13.2 Å². The topological polar surface area (TPSA) is 78.8 Å². The first-order chi connectivity index (χ1) is 13.8. The maximum absolute atomic E-state index is 12.7. The number of hydrogen-bond acceptors (Lipinski definition) is 5. The number of hydrogen-bond donors (Lipinski definition) is 1. The fourth-order valence-electron chi connectivity index (χ4n) is 3.79. The van der Waals surface area contributed by atoms with Crippen LogP contribution in [0.1, 0.15) is 41.3 Å². The molecule has 29 heavy (non-hydrogen) atoms. The minimum absolute atomic E-state index is 0.0526. The van der Waals surface area contributed by atoms with Gasteiger partial charge in [-0.15, -0.1) is 4.40 Å². The van der Waals surface area contributed by atoms with E-state index in [0.717, 1.165) is 18.4 Å². The SMILES string of the molecule is CC1=C(c2ccc(C)cc2)S(=O)(=O)N=C1N1CCC(NC(=O)c2ccsc2)CC1. The summed E-state index contributed by atoms with van der Waals surface area (Å²) in [5, 5.41) is 6.79. The summed E-state index contributed by atoms with van der Waals surface area (Å²) in [6.07, 6.45) is 1.50. The van der Waals surface area contributed by atoms with Crippen LogP contribution in [0.15, 0.2) is 51.1 Å². The number of likely N-dealkylation sites (tertiary alicyclic amines) is 1. The van der Waals surface area contributed by atoms with Crippen LogP contribution in [-0.4, -0.2) is 44.2 Å². The number of amidine groups is 1. The number of sulfonamides is 1. The lowest BCUT2D eigenvalue weighted by molar-refractivity contribution is 0.0923. The molecule has 1 fully saturated rings. The molecule has 0 bridgehead atoms. The summed E-state index contributed by atoms with van der Waals surface area (Å²) in [5.74, 6) is 0.478. The lowest BCUT2D eigenvalue weighted by atomic mass is 10.0. The third kappa shape index (κ3) is 4.00. The van der Waals surface area contributed by atoms with Crippen molar-refractivity contribution in [2.75, 3.05) is 13.1 Å². The highest BCUT2D eigenvalue weighted by Crippen LogP contribution is 2.34. The van der Waals surface area contributed by atoms with Crippen molar-refractivity contribution in [3.8, 4) is 0 Å². The molecule has 152 valence electrons. The van der Waals surface area contributed by atoms with Crippen LogP contribution in [0, 0.1) is 6.92 Å². The Morgan fingerprint density at radius 2 is 1.83 bits per heavy atom. The standard InChI is InChI=1S/C21H23N3O3S2/c1-14-3-5-16(6-4-14)19-15(2)20(23-29(19,26)27)24-10-7-18(8-11-24)22-21(25)17-9-12-28-13-17/h3-6,9,12-13,18H,7-8,10-11H2,1-2H3,(H,22,25). The first-order valence-electron chi connectivity index (χ1n) is 9.56. The quantitative estimate of drug-likeness (QED) is 0.811. The van der Waals surface area contributed by atoms with E-state index < -0.39 is 10.0 Å². The van der Waals surface area contributed by atoms with Gasteiger partial charge in [-0.1, -0.05) is 29.8 Å². The van der Waals surface area contributed by atoms with Gasteiger partial charge in [0.15, 0.2) is 0 Å². The molecule has 4 rings (SSSR count). The van der Waals surface area contributed by atoms with Crippen molar-refractivity contribution >= 4 is 38.0 Å². The van der Waals surface area contributed by atoms with Gasteiger partial charge in [-0.25, -0.2) is 0 Å². The number of carbonyl (C=O) groups excluding carboxylic acids is 1. The van der Waals surface area contributed by atoms with Crippen LogP contribution in [0.25, 0.3) is 4.91 Å². The third-order valence-corrected chi connectivity index (χ3v) is 7.52. The normalized spacial score (nSPS) is 19.4. The molecule has 1 saturated heterocycles. The second-order valence-electron chi connectivity index (χ2n) is 7.46. The lowest BCUT2D eigenvalue weighted by Gasteiger charge is -2.33. The van der Waals surface area contributed by atoms with Crippen LogP contribution >= 0.6 is 11.3 Å². The Kier molecular flexibility index (Phi) is 5.31. The van der Waals surface area contributed by atoms with Crippen LogP contribution in [-0.2, 0) is 10.0 Å². The molecule has 6 nitrogen and oxygen atoms in total. The Bertz CT molecular complexity index is 1080. The number of thiophene rings is 1. The zero-order valence-corrected chi connectivity index (χ0v) is 18.0. The molecule has 3 heterocycles. The summed E-state index contributed by atoms with van der Waals surface area (Å²) >= 11 is 1.50. The van der Waals surface area contributed by atoms with E-state index in [0.29, 0.717) is 40.5 Å². The summed E-state index contributed by atoms with van der Waals surface area (Å²) < 4.78 is 29.5. The van der Waals surface area contributed by atoms with Gasteiger partial charge in [0.1, 0.15) is 10.7 Å². The van der Waals surface area contributed by atoms with Crippen molar-refractivity contribution in [2.24, 2.45) is 4.40 Å². The molecule has 0 aliphatic carbocycles. The number of amides is 1. The maximum Gasteiger partial charge on any atom is 0.285 e. The molecule has 8 heteroatoms. The molecule has 2 aliphatic rings. The first-order valence-corrected chi connectivity index (χ1v) is 11.9. The zero-order chi connectivity index (χ0) is 20.6. The second-order valence-corrected chi connectivity index (χ2v) is 9.78. The van der Waals surface area contributed by atoms with Gasteiger partial charge in [0.25, 0.3) is 15.9 Å². The van der Waals surface area contributed by atoms with Crippen LogP contribution < -0.4 is 5.32 Å². The third-order valence-electron chi connectivity index (χ3n) is 5.37. The van der Waals surface area contributed by atoms with E-state index in [1.165, 1.54) is 11.3 Å². The smallest absolute Gasteiger partial charge is 0.285 e. The van der Waals surface area contributed by atoms with Crippen molar-refractivity contribution in [3.63, 3.8) is 0 Å². The van der Waals surface area contributed by atoms with Gasteiger partial charge in [-0.05, 0) is 43.7 Å². The fraction of sp³-hybridized carbons (Fsp3) is 0.333. The van der Waals surface area contributed by atoms with Gasteiger partial charge < -0.3 is 10.2 Å². The van der Waals surface area contributed by atoms with Gasteiger partial charge in [-0.3, -0.25) is 4.79 Å². The molecule has 1 N–H and O–H groups in total. The van der Waals surface area contributed by atoms with Crippen molar-refractivity contribution in [1.82, 2.24) is 10.2 Å². The highest BCUT2D eigenvalue weighted by atomic mass is 32.2. The molecular weight excluding hydrogens is 406 g/mol. The number of nitrogens with one attached hydrogen (secondary N) is 1. The van der Waals surface area contributed by atoms with Gasteiger partial charge in [0.05, 0.1) is 0 Å². The Morgan fingerprint density at radius 3 is 2.45 bits per heavy atom. The number of aryl methyl sites for hydroxylation is 1. The number of rotatable bonds is 3. The Hall–Kier alpha value is -2.45. The van der Waals surface area contributed by atoms with Crippen LogP contribution in [0.5, 0.6) is 0 Å². The molecule has 0 spiro atoms. The minimum Gasteiger partial charge on any atom is -0.356 e. The van der Waals surface area contributed by atoms with E-state index in [-0.39, 0.29) is 11.9 Å². The number of carbonyl (C=O) groups is 1. The van der Waals surface area contributed by atoms with Crippen molar-refractivity contribution < 1.29 is 13.2 Å². The van der Waals surface area contributed by atoms with E-state index >= 15 is 0 Å². The monoisotopic (exact) mass is 429 g/mol. The van der Waals surface area contributed by atoms with E-state index in [4.69, 9.17) is 0 Å². The molecule has 0 unspecified atom stereocenters. The van der Waals surface area contributed by atoms with Gasteiger partial charge in [-0.2, -0.15) is 19.8 Å². The summed E-state index contributed by atoms with van der Waals surface area (Å²) in [7, 11) is -3.71. The van der Waals surface area contributed by atoms with Crippen molar-refractivity contribution in [2.45, 2.75) is 32.7 Å². The molecule has 0 atom stereocenters. The predicted octanol–water partition coefficient (Wildman–Crippen LogP) is 3.42. The largest absolute Gasteiger partial charge is 0.356 e. The summed E-state index contributed by atoms with van der Waals surface area (Å²) in [5.41, 5.74) is 3.12. The first kappa shape index (κ1) is 19.8. The molecule has 2 aliphatic heterocycles. The number of nitrogens with zero attached hydrogens (tertiary/aromatic N) is 2. The molecule has 1 aromatic heterocycles. The van der Waals surface area contributed by atoms with E-state index in [2.05, 4.69) is 9.71 Å². The number of piperidine rings is 1. The van der Waals surface area contributed by atoms with Crippen LogP contribution in [0.2, 0.25) is 0 Å². The van der Waals surface area contributed by atoms with E-state index in [1.54, 1.807) is 0 Å². The second kappa shape index (κ2) is 7.76. The van der Waals surface area contributed by atoms with Crippen molar-refractivity contribution in [1.29, 1.82) is 0 Å². The molecule has 1 amide bonds.